The first-order valence-electron chi connectivity index (χ1n) is 8.36. The number of hydrazine groups is 1. The van der Waals surface area contributed by atoms with Crippen LogP contribution in [0.5, 0.6) is 0 Å². The maximum absolute atomic E-state index is 12.8. The van der Waals surface area contributed by atoms with Gasteiger partial charge in [-0.2, -0.15) is 0 Å². The van der Waals surface area contributed by atoms with Gasteiger partial charge < -0.3 is 4.42 Å². The van der Waals surface area contributed by atoms with Gasteiger partial charge in [-0.05, 0) is 35.7 Å². The van der Waals surface area contributed by atoms with Gasteiger partial charge >= 0.3 is 0 Å². The summed E-state index contributed by atoms with van der Waals surface area (Å²) >= 11 is 0. The van der Waals surface area contributed by atoms with Crippen molar-refractivity contribution >= 4 is 22.8 Å². The fourth-order valence-corrected chi connectivity index (χ4v) is 2.67. The third kappa shape index (κ3) is 4.27. The Morgan fingerprint density at radius 3 is 2.31 bits per heavy atom. The van der Waals surface area contributed by atoms with Crippen LogP contribution in [0.3, 0.4) is 0 Å². The molecule has 1 heterocycles. The highest BCUT2D eigenvalue weighted by Crippen LogP contribution is 2.23. The number of carbonyl (C=O) groups excluding carboxylic acids is 2. The van der Waals surface area contributed by atoms with Gasteiger partial charge in [0.15, 0.2) is 0 Å². The molecule has 0 atom stereocenters. The second-order valence-corrected chi connectivity index (χ2v) is 6.02. The number of aryl methyl sites for hydroxylation is 1. The maximum Gasteiger partial charge on any atom is 0.242 e. The standard InChI is InChI=1S/C20H19FN2O3/c1-2-13-5-8-17-15(12-26-18(17)9-13)11-20(25)23-22-19(24)10-14-3-6-16(21)7-4-14/h3-9,12H,2,10-11H2,1H3,(H,22,24)(H,23,25). The second-order valence-electron chi connectivity index (χ2n) is 6.02. The third-order valence-corrected chi connectivity index (χ3v) is 4.10. The van der Waals surface area contributed by atoms with Crippen LogP contribution in [0.2, 0.25) is 0 Å². The molecule has 0 unspecified atom stereocenters. The number of furan rings is 1. The predicted octanol–water partition coefficient (Wildman–Crippen LogP) is 3.07. The van der Waals surface area contributed by atoms with Gasteiger partial charge in [-0.15, -0.1) is 0 Å². The molecule has 0 fully saturated rings. The van der Waals surface area contributed by atoms with Crippen molar-refractivity contribution in [3.05, 3.63) is 71.2 Å². The molecule has 0 aliphatic heterocycles. The lowest BCUT2D eigenvalue weighted by atomic mass is 10.1. The smallest absolute Gasteiger partial charge is 0.242 e. The van der Waals surface area contributed by atoms with Gasteiger partial charge in [0.1, 0.15) is 11.4 Å². The lowest BCUT2D eigenvalue weighted by Crippen LogP contribution is -2.43. The van der Waals surface area contributed by atoms with Gasteiger partial charge in [0.2, 0.25) is 11.8 Å². The normalized spacial score (nSPS) is 10.7. The fourth-order valence-electron chi connectivity index (χ4n) is 2.67. The first-order chi connectivity index (χ1) is 12.5. The number of rotatable bonds is 5. The van der Waals surface area contributed by atoms with E-state index in [2.05, 4.69) is 17.8 Å². The van der Waals surface area contributed by atoms with Crippen LogP contribution < -0.4 is 10.9 Å². The fraction of sp³-hybridized carbons (Fsp3) is 0.200. The zero-order chi connectivity index (χ0) is 18.5. The van der Waals surface area contributed by atoms with Crippen molar-refractivity contribution < 1.29 is 18.4 Å². The molecule has 0 saturated carbocycles. The molecule has 0 bridgehead atoms. The molecule has 5 nitrogen and oxygen atoms in total. The van der Waals surface area contributed by atoms with Crippen LogP contribution in [0.1, 0.15) is 23.6 Å². The molecule has 0 spiro atoms. The van der Waals surface area contributed by atoms with Crippen LogP contribution in [0.25, 0.3) is 11.0 Å². The molecule has 6 heteroatoms. The summed E-state index contributed by atoms with van der Waals surface area (Å²) in [5, 5.41) is 0.884. The Balaban J connectivity index is 1.54. The highest BCUT2D eigenvalue weighted by atomic mass is 19.1. The Hall–Kier alpha value is -3.15. The molecule has 0 aliphatic rings. The van der Waals surface area contributed by atoms with Crippen molar-refractivity contribution in [2.75, 3.05) is 0 Å². The number of nitrogens with one attached hydrogen (secondary N) is 2. The van der Waals surface area contributed by atoms with E-state index in [1.54, 1.807) is 6.26 Å². The first-order valence-corrected chi connectivity index (χ1v) is 8.36. The van der Waals surface area contributed by atoms with Crippen LogP contribution in [-0.2, 0) is 28.9 Å². The molecule has 134 valence electrons. The molecule has 1 aromatic heterocycles. The summed E-state index contributed by atoms with van der Waals surface area (Å²) in [5.74, 6) is -1.09. The van der Waals surface area contributed by atoms with Gasteiger partial charge in [-0.1, -0.05) is 31.2 Å². The van der Waals surface area contributed by atoms with Gasteiger partial charge in [-0.25, -0.2) is 4.39 Å². The number of fused-ring (bicyclic) bond motifs is 1. The number of halogens is 1. The molecule has 0 aliphatic carbocycles. The average molecular weight is 354 g/mol. The van der Waals surface area contributed by atoms with E-state index in [1.165, 1.54) is 24.3 Å². The zero-order valence-electron chi connectivity index (χ0n) is 14.3. The largest absolute Gasteiger partial charge is 0.464 e. The van der Waals surface area contributed by atoms with E-state index in [-0.39, 0.29) is 30.5 Å². The van der Waals surface area contributed by atoms with Crippen molar-refractivity contribution in [1.82, 2.24) is 10.9 Å². The Kier molecular flexibility index (Phi) is 5.31. The summed E-state index contributed by atoms with van der Waals surface area (Å²) in [5.41, 5.74) is 8.07. The molecule has 2 aromatic carbocycles. The van der Waals surface area contributed by atoms with Crippen LogP contribution in [0.4, 0.5) is 4.39 Å². The second kappa shape index (κ2) is 7.82. The summed E-state index contributed by atoms with van der Waals surface area (Å²) in [6.45, 7) is 2.06. The zero-order valence-corrected chi connectivity index (χ0v) is 14.3. The Morgan fingerprint density at radius 1 is 0.962 bits per heavy atom. The molecule has 3 rings (SSSR count). The van der Waals surface area contributed by atoms with Gasteiger partial charge in [-0.3, -0.25) is 20.4 Å². The van der Waals surface area contributed by atoms with Crippen molar-refractivity contribution in [2.45, 2.75) is 26.2 Å². The highest BCUT2D eigenvalue weighted by molar-refractivity contribution is 5.89. The monoisotopic (exact) mass is 354 g/mol. The number of benzene rings is 2. The van der Waals surface area contributed by atoms with Crippen LogP contribution in [0.15, 0.2) is 53.1 Å². The van der Waals surface area contributed by atoms with E-state index in [4.69, 9.17) is 4.42 Å². The van der Waals surface area contributed by atoms with Crippen LogP contribution >= 0.6 is 0 Å². The molecule has 0 saturated heterocycles. The Bertz CT molecular complexity index is 932. The van der Waals surface area contributed by atoms with Crippen molar-refractivity contribution in [1.29, 1.82) is 0 Å². The highest BCUT2D eigenvalue weighted by Gasteiger charge is 2.12. The third-order valence-electron chi connectivity index (χ3n) is 4.10. The summed E-state index contributed by atoms with van der Waals surface area (Å²) in [4.78, 5) is 23.9. The maximum atomic E-state index is 12.8. The summed E-state index contributed by atoms with van der Waals surface area (Å²) in [6.07, 6.45) is 2.61. The minimum atomic E-state index is -0.380. The minimum absolute atomic E-state index is 0.0506. The van der Waals surface area contributed by atoms with E-state index >= 15 is 0 Å². The van der Waals surface area contributed by atoms with Gasteiger partial charge in [0.05, 0.1) is 19.1 Å². The van der Waals surface area contributed by atoms with E-state index in [0.717, 1.165) is 28.5 Å². The van der Waals surface area contributed by atoms with Crippen molar-refractivity contribution in [2.24, 2.45) is 0 Å². The Morgan fingerprint density at radius 2 is 1.62 bits per heavy atom. The topological polar surface area (TPSA) is 71.3 Å². The van der Waals surface area contributed by atoms with E-state index < -0.39 is 0 Å². The molecule has 2 N–H and O–H groups in total. The molecular formula is C20H19FN2O3. The molecule has 0 radical (unpaired) electrons. The van der Waals surface area contributed by atoms with Gasteiger partial charge in [0, 0.05) is 10.9 Å². The van der Waals surface area contributed by atoms with Crippen LogP contribution in [0, 0.1) is 5.82 Å². The molecule has 3 aromatic rings. The first kappa shape index (κ1) is 17.7. The van der Waals surface area contributed by atoms with E-state index in [0.29, 0.717) is 5.56 Å². The molecule has 2 amide bonds. The quantitative estimate of drug-likeness (QED) is 0.692. The van der Waals surface area contributed by atoms with E-state index in [1.807, 2.05) is 18.2 Å². The summed E-state index contributed by atoms with van der Waals surface area (Å²) in [7, 11) is 0. The number of carbonyl (C=O) groups is 2. The summed E-state index contributed by atoms with van der Waals surface area (Å²) < 4.78 is 18.4. The lowest BCUT2D eigenvalue weighted by Gasteiger charge is -2.07. The van der Waals surface area contributed by atoms with Crippen molar-refractivity contribution in [3.63, 3.8) is 0 Å². The minimum Gasteiger partial charge on any atom is -0.464 e. The van der Waals surface area contributed by atoms with E-state index in [9.17, 15) is 14.0 Å². The average Bonchev–Trinajstić information content (AvgIpc) is 3.04. The molecule has 26 heavy (non-hydrogen) atoms. The predicted molar refractivity (Wildman–Crippen MR) is 95.7 cm³/mol. The Labute approximate surface area is 150 Å². The number of amides is 2. The number of hydrogen-bond donors (Lipinski definition) is 2. The lowest BCUT2D eigenvalue weighted by molar-refractivity contribution is -0.128. The summed E-state index contributed by atoms with van der Waals surface area (Å²) in [6, 6.07) is 11.5. The van der Waals surface area contributed by atoms with Crippen molar-refractivity contribution in [3.8, 4) is 0 Å². The van der Waals surface area contributed by atoms with Crippen LogP contribution in [-0.4, -0.2) is 11.8 Å². The molecular weight excluding hydrogens is 335 g/mol. The van der Waals surface area contributed by atoms with Gasteiger partial charge in [0.25, 0.3) is 0 Å². The SMILES string of the molecule is CCc1ccc2c(CC(=O)NNC(=O)Cc3ccc(F)cc3)coc2c1. The number of hydrogen-bond acceptors (Lipinski definition) is 3.